The van der Waals surface area contributed by atoms with Gasteiger partial charge in [-0.1, -0.05) is 0 Å². The molecule has 17 heavy (non-hydrogen) atoms. The Labute approximate surface area is 92.1 Å². The van der Waals surface area contributed by atoms with Crippen LogP contribution in [0.2, 0.25) is 0 Å². The molecule has 1 aromatic rings. The Morgan fingerprint density at radius 3 is 2.18 bits per heavy atom. The molecule has 0 atom stereocenters. The van der Waals surface area contributed by atoms with E-state index in [0.717, 1.165) is 0 Å². The lowest BCUT2D eigenvalue weighted by Gasteiger charge is -2.19. The van der Waals surface area contributed by atoms with E-state index in [1.165, 1.54) is 0 Å². The van der Waals surface area contributed by atoms with Gasteiger partial charge in [0.25, 0.3) is 0 Å². The van der Waals surface area contributed by atoms with Gasteiger partial charge in [-0.2, -0.15) is 22.0 Å². The molecule has 0 amide bonds. The highest BCUT2D eigenvalue weighted by molar-refractivity contribution is 5.09. The molecule has 0 aromatic carbocycles. The number of aromatic nitrogens is 3. The summed E-state index contributed by atoms with van der Waals surface area (Å²) in [6, 6.07) is -0.477. The van der Waals surface area contributed by atoms with Crippen molar-refractivity contribution in [3.05, 3.63) is 11.6 Å². The molecule has 1 aliphatic carbocycles. The molecular weight excluding hydrogens is 249 g/mol. The van der Waals surface area contributed by atoms with Gasteiger partial charge < -0.3 is 9.67 Å². The first-order valence-electron chi connectivity index (χ1n) is 4.78. The second-order valence-electron chi connectivity index (χ2n) is 3.77. The van der Waals surface area contributed by atoms with Gasteiger partial charge >= 0.3 is 12.1 Å². The zero-order chi connectivity index (χ0) is 12.8. The van der Waals surface area contributed by atoms with Crippen molar-refractivity contribution in [2.75, 3.05) is 0 Å². The Kier molecular flexibility index (Phi) is 2.60. The highest BCUT2D eigenvalue weighted by atomic mass is 19.4. The van der Waals surface area contributed by atoms with Gasteiger partial charge in [-0.15, -0.1) is 10.2 Å². The number of nitrogens with zero attached hydrogens (tertiary/aromatic N) is 3. The first-order valence-corrected chi connectivity index (χ1v) is 4.78. The molecule has 0 radical (unpaired) electrons. The maximum Gasteiger partial charge on any atom is 0.461 e. The van der Waals surface area contributed by atoms with Gasteiger partial charge in [-0.3, -0.25) is 0 Å². The van der Waals surface area contributed by atoms with Crippen molar-refractivity contribution in [1.29, 1.82) is 0 Å². The average molecular weight is 257 g/mol. The predicted molar refractivity (Wildman–Crippen MR) is 44.2 cm³/mol. The van der Waals surface area contributed by atoms with Gasteiger partial charge in [-0.05, 0) is 12.8 Å². The minimum Gasteiger partial charge on any atom is -0.388 e. The van der Waals surface area contributed by atoms with Crippen LogP contribution in [0.15, 0.2) is 0 Å². The summed E-state index contributed by atoms with van der Waals surface area (Å²) in [4.78, 5) is 0. The monoisotopic (exact) mass is 257 g/mol. The minimum absolute atomic E-state index is 0.272. The molecule has 1 fully saturated rings. The van der Waals surface area contributed by atoms with Crippen LogP contribution in [0, 0.1) is 0 Å². The highest BCUT2D eigenvalue weighted by Crippen LogP contribution is 2.46. The second kappa shape index (κ2) is 3.62. The van der Waals surface area contributed by atoms with Crippen LogP contribution in [-0.4, -0.2) is 26.0 Å². The largest absolute Gasteiger partial charge is 0.461 e. The molecule has 0 spiro atoms. The van der Waals surface area contributed by atoms with Crippen LogP contribution in [0.25, 0.3) is 0 Å². The first-order chi connectivity index (χ1) is 7.79. The zero-order valence-electron chi connectivity index (χ0n) is 8.38. The summed E-state index contributed by atoms with van der Waals surface area (Å²) in [5.74, 6) is -6.78. The molecule has 2 rings (SSSR count). The molecule has 0 bridgehead atoms. The van der Waals surface area contributed by atoms with E-state index in [4.69, 9.17) is 5.11 Å². The van der Waals surface area contributed by atoms with Gasteiger partial charge in [0.2, 0.25) is 5.82 Å². The number of aliphatic hydroxyl groups excluding tert-OH is 1. The lowest BCUT2D eigenvalue weighted by atomic mass is 10.3. The summed E-state index contributed by atoms with van der Waals surface area (Å²) >= 11 is 0. The lowest BCUT2D eigenvalue weighted by Crippen LogP contribution is -2.36. The van der Waals surface area contributed by atoms with E-state index in [1.807, 2.05) is 0 Å². The summed E-state index contributed by atoms with van der Waals surface area (Å²) in [6.07, 6.45) is -4.77. The van der Waals surface area contributed by atoms with Crippen LogP contribution < -0.4 is 0 Å². The number of aliphatic hydroxyl groups is 1. The number of alkyl halides is 5. The van der Waals surface area contributed by atoms with Crippen molar-refractivity contribution >= 4 is 0 Å². The normalized spacial score (nSPS) is 17.5. The Bertz CT molecular complexity index is 423. The van der Waals surface area contributed by atoms with Gasteiger partial charge in [-0.25, -0.2) is 0 Å². The fraction of sp³-hybridized carbons (Fsp3) is 0.750. The van der Waals surface area contributed by atoms with Crippen LogP contribution in [0.4, 0.5) is 22.0 Å². The second-order valence-corrected chi connectivity index (χ2v) is 3.77. The summed E-state index contributed by atoms with van der Waals surface area (Å²) in [7, 11) is 0. The predicted octanol–water partition coefficient (Wildman–Crippen LogP) is 1.76. The SMILES string of the molecule is OCc1nnc(C(F)(F)C(F)(F)F)n1C1CC1. The smallest absolute Gasteiger partial charge is 0.388 e. The third-order valence-corrected chi connectivity index (χ3v) is 2.46. The van der Waals surface area contributed by atoms with E-state index in [9.17, 15) is 22.0 Å². The molecule has 1 N–H and O–H groups in total. The first kappa shape index (κ1) is 12.2. The van der Waals surface area contributed by atoms with E-state index < -0.39 is 30.6 Å². The van der Waals surface area contributed by atoms with E-state index in [-0.39, 0.29) is 5.82 Å². The quantitative estimate of drug-likeness (QED) is 0.839. The van der Waals surface area contributed by atoms with Gasteiger partial charge in [0.05, 0.1) is 0 Å². The van der Waals surface area contributed by atoms with Crippen LogP contribution in [0.5, 0.6) is 0 Å². The zero-order valence-corrected chi connectivity index (χ0v) is 8.38. The molecule has 1 heterocycles. The van der Waals surface area contributed by atoms with Crippen molar-refractivity contribution in [2.24, 2.45) is 0 Å². The van der Waals surface area contributed by atoms with Crippen LogP contribution in [0.1, 0.15) is 30.5 Å². The van der Waals surface area contributed by atoms with Crippen LogP contribution >= 0.6 is 0 Å². The number of rotatable bonds is 3. The third-order valence-electron chi connectivity index (χ3n) is 2.46. The number of hydrogen-bond acceptors (Lipinski definition) is 3. The van der Waals surface area contributed by atoms with Gasteiger partial charge in [0.15, 0.2) is 5.82 Å². The van der Waals surface area contributed by atoms with E-state index in [2.05, 4.69) is 10.2 Å². The topological polar surface area (TPSA) is 50.9 Å². The molecule has 4 nitrogen and oxygen atoms in total. The Hall–Kier alpha value is -1.25. The standard InChI is InChI=1S/C8H8F5N3O/c9-7(10,8(11,12)13)6-15-14-5(3-17)16(6)4-1-2-4/h4,17H,1-3H2. The van der Waals surface area contributed by atoms with Crippen molar-refractivity contribution in [3.63, 3.8) is 0 Å². The molecule has 1 saturated carbocycles. The van der Waals surface area contributed by atoms with E-state index in [0.29, 0.717) is 17.4 Å². The fourth-order valence-corrected chi connectivity index (χ4v) is 1.49. The van der Waals surface area contributed by atoms with E-state index in [1.54, 1.807) is 0 Å². The van der Waals surface area contributed by atoms with E-state index >= 15 is 0 Å². The molecular formula is C8H8F5N3O. The minimum atomic E-state index is -5.72. The summed E-state index contributed by atoms with van der Waals surface area (Å²) in [5.41, 5.74) is 0. The van der Waals surface area contributed by atoms with Crippen molar-refractivity contribution < 1.29 is 27.1 Å². The van der Waals surface area contributed by atoms with Crippen LogP contribution in [-0.2, 0) is 12.5 Å². The number of hydrogen-bond donors (Lipinski definition) is 1. The van der Waals surface area contributed by atoms with Crippen molar-refractivity contribution in [1.82, 2.24) is 14.8 Å². The molecule has 9 heteroatoms. The maximum absolute atomic E-state index is 13.1. The molecule has 0 aliphatic heterocycles. The Morgan fingerprint density at radius 1 is 1.18 bits per heavy atom. The Balaban J connectivity index is 2.48. The fourth-order valence-electron chi connectivity index (χ4n) is 1.49. The molecule has 96 valence electrons. The highest BCUT2D eigenvalue weighted by Gasteiger charge is 2.62. The van der Waals surface area contributed by atoms with Gasteiger partial charge in [0.1, 0.15) is 6.61 Å². The molecule has 1 aliphatic rings. The number of halogens is 5. The Morgan fingerprint density at radius 2 is 1.76 bits per heavy atom. The average Bonchev–Trinajstić information content (AvgIpc) is 2.95. The summed E-state index contributed by atoms with van der Waals surface area (Å²) < 4.78 is 63.6. The van der Waals surface area contributed by atoms with Gasteiger partial charge in [0, 0.05) is 6.04 Å². The maximum atomic E-state index is 13.1. The summed E-state index contributed by atoms with van der Waals surface area (Å²) in [6.45, 7) is -0.725. The van der Waals surface area contributed by atoms with Crippen molar-refractivity contribution in [2.45, 2.75) is 37.6 Å². The van der Waals surface area contributed by atoms with Crippen LogP contribution in [0.3, 0.4) is 0 Å². The van der Waals surface area contributed by atoms with Crippen molar-refractivity contribution in [3.8, 4) is 0 Å². The molecule has 0 saturated heterocycles. The third kappa shape index (κ3) is 1.88. The molecule has 1 aromatic heterocycles. The summed E-state index contributed by atoms with van der Waals surface area (Å²) in [5, 5.41) is 14.9. The molecule has 0 unspecified atom stereocenters. The lowest BCUT2D eigenvalue weighted by molar-refractivity contribution is -0.293.